The summed E-state index contributed by atoms with van der Waals surface area (Å²) in [6.07, 6.45) is 5.36. The first kappa shape index (κ1) is 13.1. The predicted octanol–water partition coefficient (Wildman–Crippen LogP) is 1.54. The normalized spacial score (nSPS) is 23.4. The van der Waals surface area contributed by atoms with Gasteiger partial charge in [-0.1, -0.05) is 5.16 Å². The van der Waals surface area contributed by atoms with Gasteiger partial charge in [0.05, 0.1) is 18.3 Å². The number of likely N-dealkylation sites (N-methyl/N-ethyl adjacent to an activating group) is 1. The third-order valence-corrected chi connectivity index (χ3v) is 3.72. The number of nitrogens with one attached hydrogen (secondary N) is 1. The maximum absolute atomic E-state index is 5.64. The minimum Gasteiger partial charge on any atom is -0.377 e. The quantitative estimate of drug-likeness (QED) is 0.810. The van der Waals surface area contributed by atoms with E-state index in [4.69, 9.17) is 9.26 Å². The van der Waals surface area contributed by atoms with E-state index in [1.165, 1.54) is 25.7 Å². The molecule has 0 amide bonds. The van der Waals surface area contributed by atoms with E-state index in [0.29, 0.717) is 12.1 Å². The highest BCUT2D eigenvalue weighted by molar-refractivity contribution is 5.05. The maximum atomic E-state index is 5.64. The molecular formula is C14H23N3O2. The second kappa shape index (κ2) is 6.03. The molecule has 3 rings (SSSR count). The molecule has 0 spiro atoms. The zero-order chi connectivity index (χ0) is 13.1. The molecule has 1 aliphatic carbocycles. The number of nitrogens with zero attached hydrogens (tertiary/aromatic N) is 2. The fraction of sp³-hybridized carbons (Fsp3) is 0.786. The van der Waals surface area contributed by atoms with Gasteiger partial charge in [-0.3, -0.25) is 4.90 Å². The Morgan fingerprint density at radius 2 is 2.32 bits per heavy atom. The first-order valence-corrected chi connectivity index (χ1v) is 7.27. The molecule has 1 aromatic rings. The van der Waals surface area contributed by atoms with Gasteiger partial charge in [-0.05, 0) is 32.7 Å². The number of hydrogen-bond acceptors (Lipinski definition) is 5. The average molecular weight is 265 g/mol. The highest BCUT2D eigenvalue weighted by Crippen LogP contribution is 2.19. The lowest BCUT2D eigenvalue weighted by atomic mass is 10.2. The van der Waals surface area contributed by atoms with Crippen LogP contribution in [0.4, 0.5) is 0 Å². The van der Waals surface area contributed by atoms with Crippen LogP contribution in [-0.4, -0.2) is 42.4 Å². The lowest BCUT2D eigenvalue weighted by Gasteiger charge is -2.18. The van der Waals surface area contributed by atoms with E-state index in [2.05, 4.69) is 28.5 Å². The molecule has 2 aliphatic rings. The van der Waals surface area contributed by atoms with Gasteiger partial charge in [0.15, 0.2) is 5.76 Å². The van der Waals surface area contributed by atoms with Crippen LogP contribution in [0.25, 0.3) is 0 Å². The maximum Gasteiger partial charge on any atom is 0.151 e. The topological polar surface area (TPSA) is 50.5 Å². The highest BCUT2D eigenvalue weighted by Gasteiger charge is 2.21. The third-order valence-electron chi connectivity index (χ3n) is 3.72. The van der Waals surface area contributed by atoms with Crippen molar-refractivity contribution in [3.63, 3.8) is 0 Å². The van der Waals surface area contributed by atoms with Crippen LogP contribution in [0.2, 0.25) is 0 Å². The Morgan fingerprint density at radius 3 is 3.05 bits per heavy atom. The van der Waals surface area contributed by atoms with E-state index in [-0.39, 0.29) is 0 Å². The molecule has 1 aliphatic heterocycles. The van der Waals surface area contributed by atoms with Gasteiger partial charge in [-0.25, -0.2) is 0 Å². The van der Waals surface area contributed by atoms with Crippen molar-refractivity contribution in [3.05, 3.63) is 17.5 Å². The van der Waals surface area contributed by atoms with Gasteiger partial charge in [-0.2, -0.15) is 0 Å². The summed E-state index contributed by atoms with van der Waals surface area (Å²) < 4.78 is 11.0. The van der Waals surface area contributed by atoms with Crippen LogP contribution in [0.15, 0.2) is 10.6 Å². The van der Waals surface area contributed by atoms with Crippen molar-refractivity contribution in [3.8, 4) is 0 Å². The van der Waals surface area contributed by atoms with Crippen molar-refractivity contribution in [2.24, 2.45) is 0 Å². The molecule has 2 fully saturated rings. The Bertz CT molecular complexity index is 397. The van der Waals surface area contributed by atoms with Crippen molar-refractivity contribution in [2.75, 3.05) is 20.2 Å². The fourth-order valence-electron chi connectivity index (χ4n) is 2.52. The summed E-state index contributed by atoms with van der Waals surface area (Å²) in [4.78, 5) is 2.24. The van der Waals surface area contributed by atoms with E-state index >= 15 is 0 Å². The Morgan fingerprint density at radius 1 is 1.42 bits per heavy atom. The number of ether oxygens (including phenoxy) is 1. The van der Waals surface area contributed by atoms with Crippen LogP contribution in [0, 0.1) is 0 Å². The van der Waals surface area contributed by atoms with E-state index in [1.54, 1.807) is 0 Å². The second-order valence-corrected chi connectivity index (χ2v) is 5.77. The summed E-state index contributed by atoms with van der Waals surface area (Å²) in [5.41, 5.74) is 1.01. The summed E-state index contributed by atoms with van der Waals surface area (Å²) in [5, 5.41) is 7.55. The van der Waals surface area contributed by atoms with Gasteiger partial charge in [0.2, 0.25) is 0 Å². The Kier molecular flexibility index (Phi) is 4.15. The van der Waals surface area contributed by atoms with Gasteiger partial charge in [0.1, 0.15) is 0 Å². The zero-order valence-electron chi connectivity index (χ0n) is 11.6. The summed E-state index contributed by atoms with van der Waals surface area (Å²) in [6, 6.07) is 2.77. The van der Waals surface area contributed by atoms with Gasteiger partial charge in [0.25, 0.3) is 0 Å². The first-order chi connectivity index (χ1) is 9.29. The molecule has 1 aromatic heterocycles. The molecule has 0 bridgehead atoms. The molecule has 19 heavy (non-hydrogen) atoms. The highest BCUT2D eigenvalue weighted by atomic mass is 16.5. The standard InChI is InChI=1S/C14H23N3O2/c1-17(9-13-3-2-6-18-13)10-14-7-12(16-19-14)8-15-11-4-5-11/h7,11,13,15H,2-6,8-10H2,1H3. The van der Waals surface area contributed by atoms with Crippen LogP contribution in [0.1, 0.15) is 37.1 Å². The molecule has 1 saturated heterocycles. The molecule has 0 aromatic carbocycles. The zero-order valence-corrected chi connectivity index (χ0v) is 11.6. The summed E-state index contributed by atoms with van der Waals surface area (Å²) in [6.45, 7) is 3.51. The molecular weight excluding hydrogens is 242 g/mol. The van der Waals surface area contributed by atoms with E-state index in [1.807, 2.05) is 0 Å². The number of hydrogen-bond donors (Lipinski definition) is 1. The predicted molar refractivity (Wildman–Crippen MR) is 71.7 cm³/mol. The molecule has 1 unspecified atom stereocenters. The molecule has 2 heterocycles. The van der Waals surface area contributed by atoms with Crippen molar-refractivity contribution in [1.29, 1.82) is 0 Å². The van der Waals surface area contributed by atoms with E-state index < -0.39 is 0 Å². The molecule has 106 valence electrons. The number of aromatic nitrogens is 1. The Labute approximate surface area is 114 Å². The largest absolute Gasteiger partial charge is 0.377 e. The van der Waals surface area contributed by atoms with Crippen molar-refractivity contribution >= 4 is 0 Å². The van der Waals surface area contributed by atoms with Gasteiger partial charge in [0, 0.05) is 31.8 Å². The summed E-state index contributed by atoms with van der Waals surface area (Å²) in [7, 11) is 2.10. The van der Waals surface area contributed by atoms with Gasteiger partial charge < -0.3 is 14.6 Å². The average Bonchev–Trinajstić information content (AvgIpc) is 2.88. The van der Waals surface area contributed by atoms with Gasteiger partial charge in [-0.15, -0.1) is 0 Å². The van der Waals surface area contributed by atoms with Crippen molar-refractivity contribution < 1.29 is 9.26 Å². The van der Waals surface area contributed by atoms with Crippen molar-refractivity contribution in [1.82, 2.24) is 15.4 Å². The lowest BCUT2D eigenvalue weighted by Crippen LogP contribution is -2.28. The first-order valence-electron chi connectivity index (χ1n) is 7.27. The monoisotopic (exact) mass is 265 g/mol. The third kappa shape index (κ3) is 4.03. The number of rotatable bonds is 7. The fourth-order valence-corrected chi connectivity index (χ4v) is 2.52. The summed E-state index contributed by atoms with van der Waals surface area (Å²) >= 11 is 0. The molecule has 5 heteroatoms. The van der Waals surface area contributed by atoms with Crippen LogP contribution in [-0.2, 0) is 17.8 Å². The minimum atomic E-state index is 0.393. The van der Waals surface area contributed by atoms with E-state index in [9.17, 15) is 0 Å². The summed E-state index contributed by atoms with van der Waals surface area (Å²) in [5.74, 6) is 0.938. The molecule has 1 atom stereocenters. The minimum absolute atomic E-state index is 0.393. The van der Waals surface area contributed by atoms with Crippen LogP contribution < -0.4 is 5.32 Å². The lowest BCUT2D eigenvalue weighted by molar-refractivity contribution is 0.0768. The Hall–Kier alpha value is -0.910. The van der Waals surface area contributed by atoms with Crippen LogP contribution in [0.3, 0.4) is 0 Å². The molecule has 5 nitrogen and oxygen atoms in total. The second-order valence-electron chi connectivity index (χ2n) is 5.77. The smallest absolute Gasteiger partial charge is 0.151 e. The molecule has 1 N–H and O–H groups in total. The Balaban J connectivity index is 1.42. The van der Waals surface area contributed by atoms with Crippen LogP contribution >= 0.6 is 0 Å². The van der Waals surface area contributed by atoms with Gasteiger partial charge >= 0.3 is 0 Å². The SMILES string of the molecule is CN(Cc1cc(CNC2CC2)no1)CC1CCCO1. The van der Waals surface area contributed by atoms with Crippen molar-refractivity contribution in [2.45, 2.75) is 50.9 Å². The molecule has 1 saturated carbocycles. The van der Waals surface area contributed by atoms with E-state index in [0.717, 1.165) is 37.7 Å². The van der Waals surface area contributed by atoms with Crippen LogP contribution in [0.5, 0.6) is 0 Å². The molecule has 0 radical (unpaired) electrons.